The van der Waals surface area contributed by atoms with Crippen LogP contribution in [0, 0.1) is 0 Å². The lowest BCUT2D eigenvalue weighted by Gasteiger charge is -2.27. The van der Waals surface area contributed by atoms with Gasteiger partial charge >= 0.3 is 5.97 Å². The second-order valence-electron chi connectivity index (χ2n) is 6.70. The highest BCUT2D eigenvalue weighted by molar-refractivity contribution is 6.04. The van der Waals surface area contributed by atoms with E-state index in [0.717, 1.165) is 32.3 Å². The maximum atomic E-state index is 12.8. The summed E-state index contributed by atoms with van der Waals surface area (Å²) in [4.78, 5) is 28.6. The molecule has 2 aromatic rings. The molecular weight excluding hydrogens is 312 g/mol. The quantitative estimate of drug-likeness (QED) is 0.881. The highest BCUT2D eigenvalue weighted by atomic mass is 16.5. The topological polar surface area (TPSA) is 95.8 Å². The number of ether oxygens (including phenoxy) is 1. The van der Waals surface area contributed by atoms with Crippen molar-refractivity contribution in [1.29, 1.82) is 0 Å². The van der Waals surface area contributed by atoms with Gasteiger partial charge in [-0.1, -0.05) is 12.8 Å². The molecular formula is C17H20N2O5. The summed E-state index contributed by atoms with van der Waals surface area (Å²) in [7, 11) is 0. The molecule has 4 heterocycles. The third-order valence-electron chi connectivity index (χ3n) is 5.10. The first-order valence-electron chi connectivity index (χ1n) is 8.35. The van der Waals surface area contributed by atoms with E-state index in [-0.39, 0.29) is 17.1 Å². The minimum absolute atomic E-state index is 0.0362. The first kappa shape index (κ1) is 15.3. The Hall–Kier alpha value is -2.28. The zero-order valence-corrected chi connectivity index (χ0v) is 13.3. The van der Waals surface area contributed by atoms with Crippen LogP contribution >= 0.6 is 0 Å². The largest absolute Gasteiger partial charge is 0.477 e. The van der Waals surface area contributed by atoms with Crippen molar-refractivity contribution in [3.05, 3.63) is 23.6 Å². The van der Waals surface area contributed by atoms with Gasteiger partial charge in [-0.15, -0.1) is 0 Å². The summed E-state index contributed by atoms with van der Waals surface area (Å²) < 4.78 is 11.3. The van der Waals surface area contributed by atoms with Gasteiger partial charge in [0.1, 0.15) is 17.5 Å². The highest BCUT2D eigenvalue weighted by Gasteiger charge is 2.41. The summed E-state index contributed by atoms with van der Waals surface area (Å²) in [5, 5.41) is 9.13. The Morgan fingerprint density at radius 3 is 2.96 bits per heavy atom. The fraction of sp³-hybridized carbons (Fsp3) is 0.529. The molecule has 1 atom stereocenters. The summed E-state index contributed by atoms with van der Waals surface area (Å²) in [6.45, 7) is 2.02. The van der Waals surface area contributed by atoms with E-state index in [1.807, 2.05) is 0 Å². The van der Waals surface area contributed by atoms with Gasteiger partial charge in [-0.2, -0.15) is 0 Å². The van der Waals surface area contributed by atoms with Crippen LogP contribution in [-0.4, -0.2) is 52.2 Å². The minimum Gasteiger partial charge on any atom is -0.477 e. The van der Waals surface area contributed by atoms with Crippen LogP contribution in [0.15, 0.2) is 16.7 Å². The van der Waals surface area contributed by atoms with Gasteiger partial charge in [0.25, 0.3) is 5.91 Å². The number of carboxylic acids is 1. The molecule has 2 aromatic heterocycles. The molecule has 0 saturated carbocycles. The molecule has 1 unspecified atom stereocenters. The number of carbonyl (C=O) groups is 2. The van der Waals surface area contributed by atoms with E-state index in [1.54, 1.807) is 11.0 Å². The summed E-state index contributed by atoms with van der Waals surface area (Å²) in [6, 6.07) is 1.57. The Labute approximate surface area is 138 Å². The van der Waals surface area contributed by atoms with Crippen molar-refractivity contribution in [1.82, 2.24) is 9.88 Å². The Balaban J connectivity index is 1.55. The highest BCUT2D eigenvalue weighted by Crippen LogP contribution is 2.34. The molecule has 7 heteroatoms. The number of rotatable bonds is 2. The number of aromatic nitrogens is 1. The summed E-state index contributed by atoms with van der Waals surface area (Å²) >= 11 is 0. The van der Waals surface area contributed by atoms with Crippen LogP contribution in [0.3, 0.4) is 0 Å². The summed E-state index contributed by atoms with van der Waals surface area (Å²) in [5.41, 5.74) is 0.928. The Morgan fingerprint density at radius 2 is 2.12 bits per heavy atom. The van der Waals surface area contributed by atoms with Gasteiger partial charge in [-0.25, -0.2) is 4.79 Å². The van der Waals surface area contributed by atoms with Crippen LogP contribution < -0.4 is 0 Å². The molecule has 2 fully saturated rings. The average molecular weight is 332 g/mol. The molecule has 2 aliphatic rings. The minimum atomic E-state index is -1.08. The first-order chi connectivity index (χ1) is 11.6. The van der Waals surface area contributed by atoms with Crippen molar-refractivity contribution < 1.29 is 23.8 Å². The number of fused-ring (bicyclic) bond motifs is 1. The molecule has 24 heavy (non-hydrogen) atoms. The SMILES string of the molecule is O=C(O)c1coc2cc(C(=O)N3CCC4(CCCCCO4)C3)[nH]c12. The fourth-order valence-corrected chi connectivity index (χ4v) is 3.78. The van der Waals surface area contributed by atoms with Gasteiger partial charge in [-0.3, -0.25) is 4.79 Å². The lowest BCUT2D eigenvalue weighted by molar-refractivity contribution is -0.0327. The van der Waals surface area contributed by atoms with E-state index in [4.69, 9.17) is 14.3 Å². The van der Waals surface area contributed by atoms with Crippen LogP contribution in [0.2, 0.25) is 0 Å². The molecule has 1 amide bonds. The van der Waals surface area contributed by atoms with Crippen LogP contribution in [-0.2, 0) is 4.74 Å². The second-order valence-corrected chi connectivity index (χ2v) is 6.70. The van der Waals surface area contributed by atoms with Crippen molar-refractivity contribution in [3.8, 4) is 0 Å². The third kappa shape index (κ3) is 2.49. The number of furan rings is 1. The molecule has 1 spiro atoms. The number of hydrogen-bond acceptors (Lipinski definition) is 4. The van der Waals surface area contributed by atoms with Gasteiger partial charge < -0.3 is 24.1 Å². The molecule has 0 aliphatic carbocycles. The van der Waals surface area contributed by atoms with Crippen molar-refractivity contribution in [3.63, 3.8) is 0 Å². The smallest absolute Gasteiger partial charge is 0.341 e. The molecule has 0 radical (unpaired) electrons. The molecule has 4 rings (SSSR count). The normalized spacial score (nSPS) is 24.6. The first-order valence-corrected chi connectivity index (χ1v) is 8.35. The summed E-state index contributed by atoms with van der Waals surface area (Å²) in [5.74, 6) is -1.22. The van der Waals surface area contributed by atoms with E-state index in [0.29, 0.717) is 29.9 Å². The molecule has 2 saturated heterocycles. The molecule has 0 bridgehead atoms. The number of likely N-dealkylation sites (tertiary alicyclic amines) is 1. The van der Waals surface area contributed by atoms with Gasteiger partial charge in [0.15, 0.2) is 5.58 Å². The number of amides is 1. The van der Waals surface area contributed by atoms with Crippen LogP contribution in [0.5, 0.6) is 0 Å². The number of H-pyrrole nitrogens is 1. The van der Waals surface area contributed by atoms with E-state index < -0.39 is 5.97 Å². The van der Waals surface area contributed by atoms with Gasteiger partial charge in [0.2, 0.25) is 0 Å². The number of nitrogens with one attached hydrogen (secondary N) is 1. The van der Waals surface area contributed by atoms with E-state index >= 15 is 0 Å². The maximum Gasteiger partial charge on any atom is 0.341 e. The van der Waals surface area contributed by atoms with Gasteiger partial charge in [-0.05, 0) is 19.3 Å². The van der Waals surface area contributed by atoms with Crippen LogP contribution in [0.25, 0.3) is 11.1 Å². The second kappa shape index (κ2) is 5.66. The van der Waals surface area contributed by atoms with Crippen LogP contribution in [0.1, 0.15) is 53.0 Å². The number of hydrogen-bond donors (Lipinski definition) is 2. The predicted octanol–water partition coefficient (Wildman–Crippen LogP) is 2.63. The Bertz CT molecular complexity index is 782. The zero-order valence-electron chi connectivity index (χ0n) is 13.3. The fourth-order valence-electron chi connectivity index (χ4n) is 3.78. The number of aromatic amines is 1. The molecule has 2 N–H and O–H groups in total. The third-order valence-corrected chi connectivity index (χ3v) is 5.10. The van der Waals surface area contributed by atoms with Gasteiger partial charge in [0.05, 0.1) is 17.7 Å². The van der Waals surface area contributed by atoms with Crippen molar-refractivity contribution in [2.24, 2.45) is 0 Å². The number of aromatic carboxylic acids is 1. The zero-order chi connectivity index (χ0) is 16.7. The lowest BCUT2D eigenvalue weighted by atomic mass is 9.96. The van der Waals surface area contributed by atoms with Crippen LogP contribution in [0.4, 0.5) is 0 Å². The monoisotopic (exact) mass is 332 g/mol. The van der Waals surface area contributed by atoms with Gasteiger partial charge in [0, 0.05) is 19.2 Å². The Kier molecular flexibility index (Phi) is 3.60. The molecule has 2 aliphatic heterocycles. The number of nitrogens with zero attached hydrogens (tertiary/aromatic N) is 1. The van der Waals surface area contributed by atoms with E-state index in [9.17, 15) is 9.59 Å². The number of carboxylic acid groups (broad SMARTS) is 1. The predicted molar refractivity (Wildman–Crippen MR) is 85.2 cm³/mol. The van der Waals surface area contributed by atoms with Crippen molar-refractivity contribution in [2.45, 2.75) is 37.7 Å². The lowest BCUT2D eigenvalue weighted by Crippen LogP contribution is -2.38. The van der Waals surface area contributed by atoms with Crippen molar-refractivity contribution in [2.75, 3.05) is 19.7 Å². The standard InChI is InChI=1S/C17H20N2O5/c20-15(12-8-13-14(18-12)11(9-23-13)16(21)22)19-6-5-17(10-19)4-2-1-3-7-24-17/h8-9,18H,1-7,10H2,(H,21,22). The van der Waals surface area contributed by atoms with Crippen molar-refractivity contribution >= 4 is 23.0 Å². The van der Waals surface area contributed by atoms with E-state index in [1.165, 1.54) is 12.7 Å². The maximum absolute atomic E-state index is 12.8. The number of carbonyl (C=O) groups excluding carboxylic acids is 1. The van der Waals surface area contributed by atoms with E-state index in [2.05, 4.69) is 4.98 Å². The Morgan fingerprint density at radius 1 is 1.25 bits per heavy atom. The molecule has 128 valence electrons. The molecule has 7 nitrogen and oxygen atoms in total. The summed E-state index contributed by atoms with van der Waals surface area (Å²) in [6.07, 6.45) is 6.44. The molecule has 0 aromatic carbocycles. The average Bonchev–Trinajstić information content (AvgIpc) is 3.19.